The van der Waals surface area contributed by atoms with Crippen molar-refractivity contribution in [3.8, 4) is 5.75 Å². The standard InChI is InChI=1S/C23H17ClFNO5S/c1-31-19-12-11-14(13-17(19)24)26-20(16-9-5-6-10-18(16)25)22(21(27)23(26)28)32(29,30)15-7-3-2-4-8-15/h2-13,20,27H,1H3/t20-/m1/s1. The van der Waals surface area contributed by atoms with Crippen LogP contribution in [0, 0.1) is 5.82 Å². The lowest BCUT2D eigenvalue weighted by Gasteiger charge is -2.27. The first kappa shape index (κ1) is 21.9. The van der Waals surface area contributed by atoms with E-state index in [-0.39, 0.29) is 21.2 Å². The van der Waals surface area contributed by atoms with E-state index in [9.17, 15) is 22.7 Å². The van der Waals surface area contributed by atoms with Gasteiger partial charge < -0.3 is 9.84 Å². The minimum Gasteiger partial charge on any atom is -0.502 e. The number of carbonyl (C=O) groups is 1. The smallest absolute Gasteiger partial charge is 0.295 e. The highest BCUT2D eigenvalue weighted by Crippen LogP contribution is 2.46. The van der Waals surface area contributed by atoms with Crippen LogP contribution in [0.1, 0.15) is 11.6 Å². The first-order valence-corrected chi connectivity index (χ1v) is 11.3. The Labute approximate surface area is 189 Å². The molecule has 0 aliphatic carbocycles. The maximum absolute atomic E-state index is 14.9. The Balaban J connectivity index is 1.96. The van der Waals surface area contributed by atoms with Gasteiger partial charge in [0.25, 0.3) is 5.91 Å². The van der Waals surface area contributed by atoms with E-state index >= 15 is 0 Å². The average Bonchev–Trinajstić information content (AvgIpc) is 3.05. The third-order valence-electron chi connectivity index (χ3n) is 5.12. The highest BCUT2D eigenvalue weighted by Gasteiger charge is 2.48. The lowest BCUT2D eigenvalue weighted by Crippen LogP contribution is -2.31. The number of anilines is 1. The van der Waals surface area contributed by atoms with E-state index in [4.69, 9.17) is 16.3 Å². The van der Waals surface area contributed by atoms with Crippen molar-refractivity contribution in [3.63, 3.8) is 0 Å². The zero-order chi connectivity index (χ0) is 23.0. The predicted molar refractivity (Wildman–Crippen MR) is 118 cm³/mol. The highest BCUT2D eigenvalue weighted by molar-refractivity contribution is 7.95. The highest BCUT2D eigenvalue weighted by atomic mass is 35.5. The molecule has 9 heteroatoms. The molecule has 32 heavy (non-hydrogen) atoms. The molecule has 1 aliphatic rings. The fourth-order valence-electron chi connectivity index (χ4n) is 3.63. The Morgan fingerprint density at radius 2 is 1.69 bits per heavy atom. The van der Waals surface area contributed by atoms with E-state index in [2.05, 4.69) is 0 Å². The number of halogens is 2. The maximum Gasteiger partial charge on any atom is 0.295 e. The van der Waals surface area contributed by atoms with Gasteiger partial charge in [-0.05, 0) is 36.4 Å². The number of ether oxygens (including phenoxy) is 1. The Bertz CT molecular complexity index is 1340. The topological polar surface area (TPSA) is 83.9 Å². The molecule has 0 fully saturated rings. The second kappa shape index (κ2) is 8.29. The van der Waals surface area contributed by atoms with Crippen molar-refractivity contribution >= 4 is 33.0 Å². The zero-order valence-electron chi connectivity index (χ0n) is 16.7. The SMILES string of the molecule is COc1ccc(N2C(=O)C(O)=C(S(=O)(=O)c3ccccc3)[C@H]2c2ccccc2F)cc1Cl. The third-order valence-corrected chi connectivity index (χ3v) is 7.30. The van der Waals surface area contributed by atoms with Crippen molar-refractivity contribution in [2.75, 3.05) is 12.0 Å². The van der Waals surface area contributed by atoms with Crippen molar-refractivity contribution in [1.29, 1.82) is 0 Å². The number of aliphatic hydroxyl groups excluding tert-OH is 1. The molecular weight excluding hydrogens is 457 g/mol. The van der Waals surface area contributed by atoms with Crippen LogP contribution in [0.5, 0.6) is 5.75 Å². The lowest BCUT2D eigenvalue weighted by atomic mass is 10.1. The molecule has 1 atom stereocenters. The van der Waals surface area contributed by atoms with Gasteiger partial charge in [0.2, 0.25) is 9.84 Å². The van der Waals surface area contributed by atoms with Crippen LogP contribution in [0.4, 0.5) is 10.1 Å². The van der Waals surface area contributed by atoms with E-state index in [1.54, 1.807) is 6.07 Å². The van der Waals surface area contributed by atoms with Crippen LogP contribution in [0.2, 0.25) is 5.02 Å². The fraction of sp³-hybridized carbons (Fsp3) is 0.0870. The number of rotatable bonds is 5. The van der Waals surface area contributed by atoms with E-state index < -0.39 is 38.3 Å². The van der Waals surface area contributed by atoms with Gasteiger partial charge in [-0.1, -0.05) is 48.0 Å². The third kappa shape index (κ3) is 3.51. The van der Waals surface area contributed by atoms with Crippen molar-refractivity contribution in [2.45, 2.75) is 10.9 Å². The summed E-state index contributed by atoms with van der Waals surface area (Å²) in [5.74, 6) is -2.37. The minimum atomic E-state index is -4.36. The normalized spacial score (nSPS) is 16.5. The van der Waals surface area contributed by atoms with Crippen LogP contribution in [0.25, 0.3) is 0 Å². The molecule has 0 aromatic heterocycles. The Hall–Kier alpha value is -3.36. The summed E-state index contributed by atoms with van der Waals surface area (Å²) in [7, 11) is -2.94. The number of hydrogen-bond donors (Lipinski definition) is 1. The van der Waals surface area contributed by atoms with Crippen molar-refractivity contribution in [3.05, 3.63) is 99.9 Å². The molecule has 0 bridgehead atoms. The molecule has 164 valence electrons. The van der Waals surface area contributed by atoms with Gasteiger partial charge in [0.05, 0.1) is 17.0 Å². The molecule has 1 heterocycles. The van der Waals surface area contributed by atoms with E-state index in [1.807, 2.05) is 0 Å². The number of hydrogen-bond acceptors (Lipinski definition) is 5. The molecule has 1 amide bonds. The van der Waals surface area contributed by atoms with Crippen molar-refractivity contribution in [2.24, 2.45) is 0 Å². The van der Waals surface area contributed by atoms with E-state index in [0.717, 1.165) is 11.0 Å². The van der Waals surface area contributed by atoms with Crippen LogP contribution in [0.15, 0.2) is 88.4 Å². The van der Waals surface area contributed by atoms with Crippen LogP contribution in [-0.2, 0) is 14.6 Å². The molecule has 0 saturated carbocycles. The number of nitrogens with zero attached hydrogens (tertiary/aromatic N) is 1. The largest absolute Gasteiger partial charge is 0.502 e. The van der Waals surface area contributed by atoms with Gasteiger partial charge in [-0.3, -0.25) is 9.69 Å². The second-order valence-corrected chi connectivity index (χ2v) is 9.27. The summed E-state index contributed by atoms with van der Waals surface area (Å²) >= 11 is 6.21. The van der Waals surface area contributed by atoms with Crippen LogP contribution in [0.3, 0.4) is 0 Å². The molecule has 0 saturated heterocycles. The summed E-state index contributed by atoms with van der Waals surface area (Å²) in [5, 5.41) is 10.9. The van der Waals surface area contributed by atoms with Gasteiger partial charge >= 0.3 is 0 Å². The fourth-order valence-corrected chi connectivity index (χ4v) is 5.52. The molecule has 0 radical (unpaired) electrons. The van der Waals surface area contributed by atoms with E-state index in [0.29, 0.717) is 5.75 Å². The first-order chi connectivity index (χ1) is 15.3. The Kier molecular flexibility index (Phi) is 5.66. The Morgan fingerprint density at radius 1 is 1.03 bits per heavy atom. The quantitative estimate of drug-likeness (QED) is 0.574. The van der Waals surface area contributed by atoms with Gasteiger partial charge in [-0.15, -0.1) is 0 Å². The first-order valence-electron chi connectivity index (χ1n) is 9.42. The van der Waals surface area contributed by atoms with Crippen LogP contribution in [-0.4, -0.2) is 26.5 Å². The van der Waals surface area contributed by atoms with Crippen LogP contribution >= 0.6 is 11.6 Å². The summed E-state index contributed by atoms with van der Waals surface area (Å²) < 4.78 is 46.9. The molecule has 6 nitrogen and oxygen atoms in total. The van der Waals surface area contributed by atoms with Crippen molar-refractivity contribution < 1.29 is 27.4 Å². The summed E-state index contributed by atoms with van der Waals surface area (Å²) in [5.41, 5.74) is 0.0743. The number of amides is 1. The van der Waals surface area contributed by atoms with Gasteiger partial charge in [-0.2, -0.15) is 0 Å². The molecule has 1 aliphatic heterocycles. The number of benzene rings is 3. The monoisotopic (exact) mass is 473 g/mol. The Morgan fingerprint density at radius 3 is 2.31 bits per heavy atom. The number of methoxy groups -OCH3 is 1. The molecule has 1 N–H and O–H groups in total. The van der Waals surface area contributed by atoms with Gasteiger partial charge in [0.1, 0.15) is 22.5 Å². The maximum atomic E-state index is 14.9. The summed E-state index contributed by atoms with van der Waals surface area (Å²) in [6.45, 7) is 0. The molecule has 4 rings (SSSR count). The van der Waals surface area contributed by atoms with Gasteiger partial charge in [0, 0.05) is 11.3 Å². The molecular formula is C23H17ClFNO5S. The average molecular weight is 474 g/mol. The number of sulfone groups is 1. The molecule has 0 spiro atoms. The zero-order valence-corrected chi connectivity index (χ0v) is 18.3. The van der Waals surface area contributed by atoms with Gasteiger partial charge in [0.15, 0.2) is 5.76 Å². The number of aliphatic hydroxyl groups is 1. The molecule has 3 aromatic rings. The second-order valence-electron chi connectivity index (χ2n) is 6.95. The lowest BCUT2D eigenvalue weighted by molar-refractivity contribution is -0.117. The summed E-state index contributed by atoms with van der Waals surface area (Å²) in [6.07, 6.45) is 0. The molecule has 3 aromatic carbocycles. The van der Waals surface area contributed by atoms with Crippen LogP contribution < -0.4 is 9.64 Å². The summed E-state index contributed by atoms with van der Waals surface area (Å²) in [4.78, 5) is 13.4. The predicted octanol–water partition coefficient (Wildman–Crippen LogP) is 4.82. The summed E-state index contributed by atoms with van der Waals surface area (Å²) in [6, 6.07) is 15.7. The van der Waals surface area contributed by atoms with Crippen molar-refractivity contribution in [1.82, 2.24) is 0 Å². The molecule has 0 unspecified atom stereocenters. The van der Waals surface area contributed by atoms with E-state index in [1.165, 1.54) is 67.8 Å². The minimum absolute atomic E-state index is 0.0913. The van der Waals surface area contributed by atoms with Gasteiger partial charge in [-0.25, -0.2) is 12.8 Å². The number of carbonyl (C=O) groups excluding carboxylic acids is 1.